The minimum atomic E-state index is 0.565. The first-order valence-electron chi connectivity index (χ1n) is 45.9. The van der Waals surface area contributed by atoms with E-state index in [1.165, 1.54) is 92.1 Å². The zero-order valence-electron chi connectivity index (χ0n) is 77.4. The summed E-state index contributed by atoms with van der Waals surface area (Å²) in [5.41, 5.74) is 26.2. The van der Waals surface area contributed by atoms with Gasteiger partial charge in [-0.15, -0.1) is 0 Å². The quantitative estimate of drug-likeness (QED) is 0.0324. The average Bonchev–Trinajstić information content (AvgIpc) is 0.696. The molecule has 0 bridgehead atoms. The third kappa shape index (κ3) is 13.4. The minimum Gasteiger partial charge on any atom is -0.493 e. The normalized spacial score (nSPS) is 13.2. The summed E-state index contributed by atoms with van der Waals surface area (Å²) in [6.07, 6.45) is 11.8. The highest BCUT2D eigenvalue weighted by Gasteiger charge is 2.36. The van der Waals surface area contributed by atoms with Crippen molar-refractivity contribution in [1.82, 2.24) is 14.7 Å². The van der Waals surface area contributed by atoms with Crippen LogP contribution in [0.15, 0.2) is 188 Å². The maximum absolute atomic E-state index is 6.50. The lowest BCUT2D eigenvalue weighted by Gasteiger charge is -2.34. The van der Waals surface area contributed by atoms with E-state index < -0.39 is 0 Å². The van der Waals surface area contributed by atoms with Crippen molar-refractivity contribution in [1.29, 1.82) is 0 Å². The smallest absolute Gasteiger partial charge is 0.128 e. The van der Waals surface area contributed by atoms with Crippen molar-refractivity contribution in [3.05, 3.63) is 255 Å². The molecule has 0 amide bonds. The number of allylic oxidation sites excluding steroid dienone is 6. The molecule has 9 nitrogen and oxygen atoms in total. The molecular weight excluding hydrogens is 1540 g/mol. The molecule has 9 heteroatoms. The Bertz CT molecular complexity index is 6970. The highest BCUT2D eigenvalue weighted by molar-refractivity contribution is 6.42. The predicted octanol–water partition coefficient (Wildman–Crippen LogP) is 33.1. The monoisotopic (exact) mass is 1670 g/mol. The lowest BCUT2D eigenvalue weighted by atomic mass is 9.80. The summed E-state index contributed by atoms with van der Waals surface area (Å²) >= 11 is 0. The van der Waals surface area contributed by atoms with Gasteiger partial charge in [0.2, 0.25) is 0 Å². The number of hydrogen-bond donors (Lipinski definition) is 0. The second-order valence-corrected chi connectivity index (χ2v) is 34.3. The SMILES string of the molecule is C=C(CCC)c1cc(OCC)c2c3ccc4c5c(ccc(c6c(OCC)cc(C(=C)CCC)c1c26)c53)C(=C)N(C)C4=C.C=C(CCC)c1ccc2c3c(OCC)cc4c5c(cc(OCC)c(c6ccc(C(=C)CCC)c1c26)c53)C(=C)N(C)C4=C.C=C(CCC)c1ccc2c3c(OCC)cc4c5c(ccc(c6c(OCC)cc(C(=C)CCC)c1c26)c53)C(=C)N(C)C4=C. The second kappa shape index (κ2) is 34.7. The molecule has 126 heavy (non-hydrogen) atoms. The van der Waals surface area contributed by atoms with Crippen LogP contribution in [0.3, 0.4) is 0 Å². The summed E-state index contributed by atoms with van der Waals surface area (Å²) in [5.74, 6) is 5.28. The summed E-state index contributed by atoms with van der Waals surface area (Å²) in [4.78, 5) is 6.24. The van der Waals surface area contributed by atoms with E-state index >= 15 is 0 Å². The zero-order chi connectivity index (χ0) is 89.6. The van der Waals surface area contributed by atoms with E-state index in [2.05, 4.69) is 265 Å². The molecule has 642 valence electrons. The van der Waals surface area contributed by atoms with Gasteiger partial charge in [0, 0.05) is 159 Å². The Morgan fingerprint density at radius 1 is 0.206 bits per heavy atom. The largest absolute Gasteiger partial charge is 0.493 e. The first-order chi connectivity index (χ1) is 60.8. The minimum absolute atomic E-state index is 0.565. The first-order valence-corrected chi connectivity index (χ1v) is 45.9. The van der Waals surface area contributed by atoms with E-state index in [0.717, 1.165) is 283 Å². The molecule has 3 heterocycles. The van der Waals surface area contributed by atoms with Gasteiger partial charge in [-0.2, -0.15) is 0 Å². The molecule has 0 unspecified atom stereocenters. The topological polar surface area (TPSA) is 65.1 Å². The van der Waals surface area contributed by atoms with Crippen molar-refractivity contribution in [2.75, 3.05) is 60.8 Å². The summed E-state index contributed by atoms with van der Waals surface area (Å²) < 4.78 is 38.9. The van der Waals surface area contributed by atoms with E-state index in [0.29, 0.717) is 39.6 Å². The molecule has 0 aromatic heterocycles. The van der Waals surface area contributed by atoms with Crippen LogP contribution in [-0.2, 0) is 0 Å². The van der Waals surface area contributed by atoms with Crippen molar-refractivity contribution >= 4 is 197 Å². The van der Waals surface area contributed by atoms with E-state index in [-0.39, 0.29) is 0 Å². The summed E-state index contributed by atoms with van der Waals surface area (Å²) in [7, 11) is 6.10. The molecule has 0 atom stereocenters. The van der Waals surface area contributed by atoms with Crippen molar-refractivity contribution in [2.45, 2.75) is 160 Å². The molecule has 0 saturated heterocycles. The van der Waals surface area contributed by atoms with Crippen LogP contribution in [0.5, 0.6) is 34.5 Å². The Hall–Kier alpha value is -12.7. The summed E-state index contributed by atoms with van der Waals surface area (Å²) in [6, 6.07) is 40.3. The number of fused-ring (bicyclic) bond motifs is 6. The van der Waals surface area contributed by atoms with Crippen LogP contribution < -0.4 is 28.4 Å². The number of hydrogen-bond acceptors (Lipinski definition) is 9. The zero-order valence-corrected chi connectivity index (χ0v) is 77.4. The van der Waals surface area contributed by atoms with Gasteiger partial charge in [0.15, 0.2) is 0 Å². The van der Waals surface area contributed by atoms with Crippen molar-refractivity contribution in [3.63, 3.8) is 0 Å². The number of nitrogens with zero attached hydrogens (tertiary/aromatic N) is 3. The number of ether oxygens (including phenoxy) is 6. The molecule has 15 aromatic rings. The summed E-state index contributed by atoms with van der Waals surface area (Å²) in [5, 5.41) is 28.1. The average molecular weight is 1670 g/mol. The van der Waals surface area contributed by atoms with E-state index in [9.17, 15) is 0 Å². The van der Waals surface area contributed by atoms with Crippen LogP contribution in [0, 0.1) is 0 Å². The second-order valence-electron chi connectivity index (χ2n) is 34.3. The highest BCUT2D eigenvalue weighted by atomic mass is 16.5. The molecule has 3 aliphatic heterocycles. The van der Waals surface area contributed by atoms with Gasteiger partial charge in [-0.1, -0.05) is 232 Å². The van der Waals surface area contributed by atoms with Crippen LogP contribution >= 0.6 is 0 Å². The number of rotatable bonds is 30. The van der Waals surface area contributed by atoms with Crippen LogP contribution in [0.2, 0.25) is 0 Å². The number of benzene rings is 15. The fourth-order valence-corrected chi connectivity index (χ4v) is 21.0. The Morgan fingerprint density at radius 3 is 0.675 bits per heavy atom. The molecule has 0 spiro atoms. The van der Waals surface area contributed by atoms with Crippen LogP contribution in [0.1, 0.15) is 227 Å². The highest BCUT2D eigenvalue weighted by Crippen LogP contribution is 2.60. The molecule has 3 aliphatic rings. The van der Waals surface area contributed by atoms with Gasteiger partial charge in [0.05, 0.1) is 39.6 Å². The van der Waals surface area contributed by atoms with Gasteiger partial charge in [-0.3, -0.25) is 0 Å². The Morgan fingerprint density at radius 2 is 0.397 bits per heavy atom. The lowest BCUT2D eigenvalue weighted by molar-refractivity contribution is 0.343. The summed E-state index contributed by atoms with van der Waals surface area (Å²) in [6.45, 7) is 83.1. The fraction of sp³-hybridized carbons (Fsp3) is 0.282. The Labute approximate surface area is 745 Å². The van der Waals surface area contributed by atoms with Crippen LogP contribution in [0.4, 0.5) is 0 Å². The molecule has 0 N–H and O–H groups in total. The van der Waals surface area contributed by atoms with Crippen LogP contribution in [0.25, 0.3) is 197 Å². The van der Waals surface area contributed by atoms with Gasteiger partial charge in [0.1, 0.15) is 34.5 Å². The van der Waals surface area contributed by atoms with E-state index in [1.807, 2.05) is 41.9 Å². The lowest BCUT2D eigenvalue weighted by Crippen LogP contribution is -2.19. The van der Waals surface area contributed by atoms with Gasteiger partial charge in [-0.05, 0) is 243 Å². The Balaban J connectivity index is 0.000000139. The van der Waals surface area contributed by atoms with Gasteiger partial charge in [-0.25, -0.2) is 0 Å². The standard InChI is InChI=1S/3C39H41NO2/c1-10-14-22(5)30-20-32(41-12-3)37-28-18-16-26-24(7)40(9)25(8)27-17-19-29(35(28)34(26)27)38-33(42-13-4)21-31(23(6)15-11-2)36(30)39(37)38;1-10-14-22(5)26-16-18-28-37-33(42-13-4)21-31-25(8)40(9)24(7)27-17-19-29(39(37)35(27)31)36-32(41-12-3)20-30(23(6)15-11-2)34(26)38(28)36;1-10-14-22(5)26-16-18-28-35-29(19-17-27(34(26)35)23(6)15-11-2)38-33(42-13-4)21-31-25(8)40(9)24(7)30-20-32(41-12-3)37(28)39(38)36(30)31/h3*16-21H,5-8,10-15H2,1-4,9H3. The maximum atomic E-state index is 6.50. The van der Waals surface area contributed by atoms with Crippen molar-refractivity contribution in [3.8, 4) is 34.5 Å². The van der Waals surface area contributed by atoms with E-state index in [4.69, 9.17) is 28.4 Å². The molecule has 0 fully saturated rings. The predicted molar refractivity (Wildman–Crippen MR) is 551 cm³/mol. The molecule has 0 saturated carbocycles. The molecular formula is C117H123N3O6. The van der Waals surface area contributed by atoms with E-state index in [1.54, 1.807) is 0 Å². The van der Waals surface area contributed by atoms with Gasteiger partial charge in [0.25, 0.3) is 0 Å². The first kappa shape index (κ1) is 86.8. The van der Waals surface area contributed by atoms with Gasteiger partial charge < -0.3 is 43.1 Å². The molecule has 0 aliphatic carbocycles. The van der Waals surface area contributed by atoms with Crippen LogP contribution in [-0.4, -0.2) is 75.5 Å². The third-order valence-corrected chi connectivity index (χ3v) is 26.8. The molecule has 18 rings (SSSR count). The Kier molecular flexibility index (Phi) is 23.9. The maximum Gasteiger partial charge on any atom is 0.128 e. The van der Waals surface area contributed by atoms with Gasteiger partial charge >= 0.3 is 0 Å². The van der Waals surface area contributed by atoms with Crippen molar-refractivity contribution in [2.24, 2.45) is 0 Å². The third-order valence-electron chi connectivity index (χ3n) is 26.8. The van der Waals surface area contributed by atoms with Crippen molar-refractivity contribution < 1.29 is 28.4 Å². The fourth-order valence-electron chi connectivity index (χ4n) is 21.0. The molecule has 0 radical (unpaired) electrons. The molecule has 15 aromatic carbocycles.